The number of nitrogens with two attached hydrogens (primary N) is 1. The highest BCUT2D eigenvalue weighted by molar-refractivity contribution is 5.88. The molecule has 0 saturated carbocycles. The highest BCUT2D eigenvalue weighted by atomic mass is 35.5. The van der Waals surface area contributed by atoms with E-state index < -0.39 is 5.91 Å². The third-order valence-electron chi connectivity index (χ3n) is 4.38. The zero-order chi connectivity index (χ0) is 17.5. The first-order valence-electron chi connectivity index (χ1n) is 8.66. The van der Waals surface area contributed by atoms with Crippen molar-refractivity contribution in [2.75, 3.05) is 46.0 Å². The number of hydrogen-bond donors (Lipinski definition) is 2. The Hall–Kier alpha value is -1.57. The van der Waals surface area contributed by atoms with Crippen LogP contribution in [0.25, 0.3) is 10.8 Å². The van der Waals surface area contributed by atoms with E-state index in [9.17, 15) is 4.79 Å². The van der Waals surface area contributed by atoms with Gasteiger partial charge < -0.3 is 20.5 Å². The molecule has 0 aliphatic carbocycles. The number of primary amides is 1. The molecule has 2 aromatic rings. The first-order chi connectivity index (χ1) is 12.2. The van der Waals surface area contributed by atoms with E-state index in [-0.39, 0.29) is 31.4 Å². The van der Waals surface area contributed by atoms with Gasteiger partial charge in [0.25, 0.3) is 5.91 Å². The molecule has 1 amide bonds. The normalized spacial score (nSPS) is 14.2. The minimum Gasteiger partial charge on any atom is -0.483 e. The predicted molar refractivity (Wildman–Crippen MR) is 112 cm³/mol. The summed E-state index contributed by atoms with van der Waals surface area (Å²) in [7, 11) is 0. The lowest BCUT2D eigenvalue weighted by molar-refractivity contribution is -0.119. The predicted octanol–water partition coefficient (Wildman–Crippen LogP) is 1.97. The zero-order valence-electron chi connectivity index (χ0n) is 15.2. The van der Waals surface area contributed by atoms with Gasteiger partial charge in [-0.1, -0.05) is 30.3 Å². The van der Waals surface area contributed by atoms with Crippen LogP contribution in [0, 0.1) is 0 Å². The van der Waals surface area contributed by atoms with Crippen molar-refractivity contribution in [2.24, 2.45) is 5.73 Å². The van der Waals surface area contributed by atoms with Crippen LogP contribution in [-0.2, 0) is 16.1 Å². The van der Waals surface area contributed by atoms with Crippen LogP contribution in [0.3, 0.4) is 0 Å². The fraction of sp³-hybridized carbons (Fsp3) is 0.421. The number of fused-ring (bicyclic) bond motifs is 1. The van der Waals surface area contributed by atoms with Crippen molar-refractivity contribution >= 4 is 41.5 Å². The lowest BCUT2D eigenvalue weighted by Gasteiger charge is -2.26. The van der Waals surface area contributed by atoms with E-state index >= 15 is 0 Å². The molecule has 0 aromatic heterocycles. The summed E-state index contributed by atoms with van der Waals surface area (Å²) in [5.74, 6) is 0.232. The Kier molecular flexibility index (Phi) is 10.4. The molecule has 1 saturated heterocycles. The topological polar surface area (TPSA) is 76.8 Å². The molecule has 0 bridgehead atoms. The molecule has 8 heteroatoms. The number of hydrogen-bond acceptors (Lipinski definition) is 5. The fourth-order valence-electron chi connectivity index (χ4n) is 3.06. The van der Waals surface area contributed by atoms with Crippen LogP contribution in [0.4, 0.5) is 0 Å². The molecule has 2 aromatic carbocycles. The van der Waals surface area contributed by atoms with Crippen molar-refractivity contribution in [1.82, 2.24) is 10.2 Å². The molecule has 3 N–H and O–H groups in total. The van der Waals surface area contributed by atoms with Crippen LogP contribution in [0.2, 0.25) is 0 Å². The van der Waals surface area contributed by atoms with Gasteiger partial charge >= 0.3 is 0 Å². The minimum absolute atomic E-state index is 0. The van der Waals surface area contributed by atoms with Gasteiger partial charge in [0.15, 0.2) is 6.61 Å². The van der Waals surface area contributed by atoms with Gasteiger partial charge in [0.05, 0.1) is 13.2 Å². The highest BCUT2D eigenvalue weighted by Crippen LogP contribution is 2.28. The third-order valence-corrected chi connectivity index (χ3v) is 4.38. The van der Waals surface area contributed by atoms with Crippen LogP contribution in [0.1, 0.15) is 5.56 Å². The maximum Gasteiger partial charge on any atom is 0.255 e. The highest BCUT2D eigenvalue weighted by Gasteiger charge is 2.12. The van der Waals surface area contributed by atoms with Crippen molar-refractivity contribution in [1.29, 1.82) is 0 Å². The van der Waals surface area contributed by atoms with Crippen LogP contribution < -0.4 is 15.8 Å². The van der Waals surface area contributed by atoms with Gasteiger partial charge in [-0.2, -0.15) is 0 Å². The average molecular weight is 416 g/mol. The van der Waals surface area contributed by atoms with Crippen molar-refractivity contribution in [3.05, 3.63) is 42.0 Å². The van der Waals surface area contributed by atoms with E-state index in [0.29, 0.717) is 12.3 Å². The number of carbonyl (C=O) groups excluding carboxylic acids is 1. The first-order valence-corrected chi connectivity index (χ1v) is 8.66. The number of morpholine rings is 1. The molecular formula is C19H27Cl2N3O3. The summed E-state index contributed by atoms with van der Waals surface area (Å²) in [5, 5.41) is 5.77. The van der Waals surface area contributed by atoms with Gasteiger partial charge in [-0.25, -0.2) is 0 Å². The van der Waals surface area contributed by atoms with Gasteiger partial charge in [0.1, 0.15) is 5.75 Å². The number of nitrogens with one attached hydrogen (secondary N) is 1. The van der Waals surface area contributed by atoms with Crippen LogP contribution in [0.15, 0.2) is 36.4 Å². The van der Waals surface area contributed by atoms with E-state index in [1.54, 1.807) is 0 Å². The zero-order valence-corrected chi connectivity index (χ0v) is 16.8. The first kappa shape index (κ1) is 23.5. The maximum atomic E-state index is 11.0. The molecule has 0 unspecified atom stereocenters. The van der Waals surface area contributed by atoms with Crippen molar-refractivity contribution < 1.29 is 14.3 Å². The van der Waals surface area contributed by atoms with Crippen LogP contribution in [0.5, 0.6) is 5.75 Å². The molecule has 0 spiro atoms. The summed E-state index contributed by atoms with van der Waals surface area (Å²) in [4.78, 5) is 13.4. The second-order valence-corrected chi connectivity index (χ2v) is 6.15. The van der Waals surface area contributed by atoms with Gasteiger partial charge in [-0.3, -0.25) is 9.69 Å². The molecule has 6 nitrogen and oxygen atoms in total. The molecule has 1 aliphatic rings. The Bertz CT molecular complexity index is 724. The number of carbonyl (C=O) groups is 1. The Morgan fingerprint density at radius 3 is 2.63 bits per heavy atom. The van der Waals surface area contributed by atoms with Crippen LogP contribution >= 0.6 is 24.8 Å². The molecule has 1 aliphatic heterocycles. The Balaban J connectivity index is 0.00000182. The lowest BCUT2D eigenvalue weighted by Crippen LogP contribution is -2.40. The number of amides is 1. The van der Waals surface area contributed by atoms with Crippen molar-refractivity contribution in [3.63, 3.8) is 0 Å². The Morgan fingerprint density at radius 2 is 1.89 bits per heavy atom. The van der Waals surface area contributed by atoms with E-state index in [1.165, 1.54) is 0 Å². The number of benzene rings is 2. The molecule has 150 valence electrons. The number of rotatable bonds is 8. The standard InChI is InChI=1S/C19H25N3O3.2ClH/c20-19(23)14-25-18-6-5-15-3-1-2-4-16(15)17(18)13-21-7-8-22-9-11-24-12-10-22;;/h1-6,21H,7-14H2,(H2,20,23);2*1H. The summed E-state index contributed by atoms with van der Waals surface area (Å²) in [6, 6.07) is 12.1. The van der Waals surface area contributed by atoms with E-state index in [0.717, 1.165) is 55.7 Å². The molecule has 1 fully saturated rings. The molecule has 0 atom stereocenters. The summed E-state index contributed by atoms with van der Waals surface area (Å²) < 4.78 is 11.0. The van der Waals surface area contributed by atoms with E-state index in [4.69, 9.17) is 15.2 Å². The van der Waals surface area contributed by atoms with Gasteiger partial charge in [0.2, 0.25) is 0 Å². The third kappa shape index (κ3) is 6.83. The Labute approximate surface area is 172 Å². The second-order valence-electron chi connectivity index (χ2n) is 6.15. The van der Waals surface area contributed by atoms with Crippen molar-refractivity contribution in [2.45, 2.75) is 6.54 Å². The average Bonchev–Trinajstić information content (AvgIpc) is 2.64. The second kappa shape index (κ2) is 12.0. The quantitative estimate of drug-likeness (QED) is 0.644. The van der Waals surface area contributed by atoms with Crippen LogP contribution in [-0.4, -0.2) is 56.8 Å². The lowest BCUT2D eigenvalue weighted by atomic mass is 10.0. The molecule has 3 rings (SSSR count). The SMILES string of the molecule is Cl.Cl.NC(=O)COc1ccc2ccccc2c1CNCCN1CCOCC1. The summed E-state index contributed by atoms with van der Waals surface area (Å²) in [6.07, 6.45) is 0. The minimum atomic E-state index is -0.473. The summed E-state index contributed by atoms with van der Waals surface area (Å²) >= 11 is 0. The summed E-state index contributed by atoms with van der Waals surface area (Å²) in [6.45, 7) is 6.05. The monoisotopic (exact) mass is 415 g/mol. The van der Waals surface area contributed by atoms with Gasteiger partial charge in [0, 0.05) is 38.3 Å². The Morgan fingerprint density at radius 1 is 1.15 bits per heavy atom. The molecule has 0 radical (unpaired) electrons. The number of halogens is 2. The number of ether oxygens (including phenoxy) is 2. The maximum absolute atomic E-state index is 11.0. The van der Waals surface area contributed by atoms with E-state index in [1.807, 2.05) is 24.3 Å². The van der Waals surface area contributed by atoms with Gasteiger partial charge in [-0.05, 0) is 16.8 Å². The fourth-order valence-corrected chi connectivity index (χ4v) is 3.06. The van der Waals surface area contributed by atoms with Gasteiger partial charge in [-0.15, -0.1) is 24.8 Å². The molecule has 1 heterocycles. The molecular weight excluding hydrogens is 389 g/mol. The smallest absolute Gasteiger partial charge is 0.255 e. The number of nitrogens with zero attached hydrogens (tertiary/aromatic N) is 1. The molecule has 27 heavy (non-hydrogen) atoms. The largest absolute Gasteiger partial charge is 0.483 e. The summed E-state index contributed by atoms with van der Waals surface area (Å²) in [5.41, 5.74) is 6.27. The van der Waals surface area contributed by atoms with E-state index in [2.05, 4.69) is 22.3 Å². The van der Waals surface area contributed by atoms with Crippen molar-refractivity contribution in [3.8, 4) is 5.75 Å².